The van der Waals surface area contributed by atoms with Crippen molar-refractivity contribution >= 4 is 16.9 Å². The summed E-state index contributed by atoms with van der Waals surface area (Å²) in [4.78, 5) is 25.9. The summed E-state index contributed by atoms with van der Waals surface area (Å²) in [7, 11) is 0. The van der Waals surface area contributed by atoms with E-state index in [9.17, 15) is 14.7 Å². The number of phenols is 1. The standard InChI is InChI=1S/C19H24N2O5/c1-13-15-4-3-14(22)11-17(15)26-19(24)16(13)12-18(23)20-5-2-6-21-7-9-25-10-8-21/h3-4,11,22H,2,5-10,12H2,1H3,(H,20,23)/p+1. The van der Waals surface area contributed by atoms with Crippen LogP contribution in [-0.4, -0.2) is 50.4 Å². The fraction of sp³-hybridized carbons (Fsp3) is 0.474. The first kappa shape index (κ1) is 18.4. The van der Waals surface area contributed by atoms with Crippen LogP contribution in [0.4, 0.5) is 0 Å². The van der Waals surface area contributed by atoms with Crippen LogP contribution in [-0.2, 0) is 16.0 Å². The molecule has 0 atom stereocenters. The summed E-state index contributed by atoms with van der Waals surface area (Å²) in [6, 6.07) is 4.63. The van der Waals surface area contributed by atoms with Gasteiger partial charge in [0.25, 0.3) is 0 Å². The number of carbonyl (C=O) groups is 1. The van der Waals surface area contributed by atoms with Crippen LogP contribution < -0.4 is 15.8 Å². The molecule has 7 nitrogen and oxygen atoms in total. The first-order valence-electron chi connectivity index (χ1n) is 8.98. The van der Waals surface area contributed by atoms with Gasteiger partial charge in [0.1, 0.15) is 24.4 Å². The lowest BCUT2D eigenvalue weighted by molar-refractivity contribution is -0.908. The molecule has 2 aromatic rings. The molecule has 1 amide bonds. The second-order valence-corrected chi connectivity index (χ2v) is 6.67. The SMILES string of the molecule is Cc1c(CC(=O)NCCC[NH+]2CCOCC2)c(=O)oc2cc(O)ccc12. The quantitative estimate of drug-likeness (QED) is 0.488. The van der Waals surface area contributed by atoms with E-state index < -0.39 is 5.63 Å². The number of aryl methyl sites for hydroxylation is 1. The maximum atomic E-state index is 12.2. The van der Waals surface area contributed by atoms with Crippen molar-refractivity contribution in [1.29, 1.82) is 0 Å². The Morgan fingerprint density at radius 2 is 2.08 bits per heavy atom. The van der Waals surface area contributed by atoms with E-state index in [4.69, 9.17) is 9.15 Å². The molecule has 1 fully saturated rings. The number of fused-ring (bicyclic) bond motifs is 1. The number of benzene rings is 1. The largest absolute Gasteiger partial charge is 0.508 e. The molecule has 0 bridgehead atoms. The third-order valence-electron chi connectivity index (χ3n) is 4.84. The van der Waals surface area contributed by atoms with Gasteiger partial charge in [-0.25, -0.2) is 4.79 Å². The van der Waals surface area contributed by atoms with Crippen LogP contribution in [0.3, 0.4) is 0 Å². The summed E-state index contributed by atoms with van der Waals surface area (Å²) in [5, 5.41) is 13.1. The number of aromatic hydroxyl groups is 1. The Bertz CT molecular complexity index is 840. The highest BCUT2D eigenvalue weighted by molar-refractivity contribution is 5.85. The highest BCUT2D eigenvalue weighted by atomic mass is 16.5. The number of morpholine rings is 1. The van der Waals surface area contributed by atoms with Crippen LogP contribution in [0.25, 0.3) is 11.0 Å². The van der Waals surface area contributed by atoms with Crippen molar-refractivity contribution in [2.45, 2.75) is 19.8 Å². The van der Waals surface area contributed by atoms with Crippen LogP contribution >= 0.6 is 0 Å². The Morgan fingerprint density at radius 3 is 2.85 bits per heavy atom. The van der Waals surface area contributed by atoms with E-state index >= 15 is 0 Å². The maximum absolute atomic E-state index is 12.2. The maximum Gasteiger partial charge on any atom is 0.340 e. The molecule has 3 rings (SSSR count). The van der Waals surface area contributed by atoms with Crippen LogP contribution in [0.1, 0.15) is 17.5 Å². The van der Waals surface area contributed by atoms with Gasteiger partial charge in [-0.05, 0) is 24.6 Å². The Hall–Kier alpha value is -2.38. The fourth-order valence-corrected chi connectivity index (χ4v) is 3.29. The molecule has 0 aliphatic carbocycles. The van der Waals surface area contributed by atoms with Crippen LogP contribution in [0.2, 0.25) is 0 Å². The van der Waals surface area contributed by atoms with Gasteiger partial charge in [0.2, 0.25) is 5.91 Å². The molecular formula is C19H25N2O5+. The lowest BCUT2D eigenvalue weighted by Crippen LogP contribution is -3.14. The molecule has 1 aliphatic rings. The molecule has 0 saturated carbocycles. The van der Waals surface area contributed by atoms with Gasteiger partial charge in [-0.2, -0.15) is 0 Å². The molecule has 3 N–H and O–H groups in total. The topological polar surface area (TPSA) is 93.2 Å². The minimum atomic E-state index is -0.534. The minimum absolute atomic E-state index is 0.00457. The zero-order valence-electron chi connectivity index (χ0n) is 15.0. The summed E-state index contributed by atoms with van der Waals surface area (Å²) in [5.74, 6) is -0.150. The number of phenolic OH excluding ortho intramolecular Hbond substituents is 1. The van der Waals surface area contributed by atoms with E-state index in [1.807, 2.05) is 0 Å². The molecule has 0 unspecified atom stereocenters. The Labute approximate surface area is 151 Å². The molecule has 1 aromatic heterocycles. The average molecular weight is 361 g/mol. The second kappa shape index (κ2) is 8.33. The lowest BCUT2D eigenvalue weighted by atomic mass is 10.0. The van der Waals surface area contributed by atoms with E-state index in [1.54, 1.807) is 13.0 Å². The molecule has 0 radical (unpaired) electrons. The molecule has 1 aliphatic heterocycles. The van der Waals surface area contributed by atoms with Crippen LogP contribution in [0, 0.1) is 6.92 Å². The van der Waals surface area contributed by atoms with Crippen molar-refractivity contribution in [3.05, 3.63) is 39.7 Å². The van der Waals surface area contributed by atoms with E-state index in [-0.39, 0.29) is 18.1 Å². The van der Waals surface area contributed by atoms with Crippen molar-refractivity contribution in [2.24, 2.45) is 0 Å². The average Bonchev–Trinajstić information content (AvgIpc) is 2.63. The molecule has 7 heteroatoms. The first-order chi connectivity index (χ1) is 12.5. The number of amides is 1. The number of ether oxygens (including phenoxy) is 1. The van der Waals surface area contributed by atoms with Gasteiger partial charge < -0.3 is 24.5 Å². The summed E-state index contributed by atoms with van der Waals surface area (Å²) < 4.78 is 10.6. The summed E-state index contributed by atoms with van der Waals surface area (Å²) >= 11 is 0. The Balaban J connectivity index is 1.57. The predicted octanol–water partition coefficient (Wildman–Crippen LogP) is -0.229. The summed E-state index contributed by atoms with van der Waals surface area (Å²) in [5.41, 5.74) is 0.863. The highest BCUT2D eigenvalue weighted by Crippen LogP contribution is 2.23. The van der Waals surface area contributed by atoms with Gasteiger partial charge in [0.05, 0.1) is 31.7 Å². The van der Waals surface area contributed by atoms with Crippen molar-refractivity contribution in [1.82, 2.24) is 5.32 Å². The van der Waals surface area contributed by atoms with Gasteiger partial charge >= 0.3 is 5.63 Å². The number of carbonyl (C=O) groups excluding carboxylic acids is 1. The molecule has 140 valence electrons. The smallest absolute Gasteiger partial charge is 0.340 e. The van der Waals surface area contributed by atoms with Gasteiger partial charge in [-0.15, -0.1) is 0 Å². The van der Waals surface area contributed by atoms with Gasteiger partial charge in [-0.1, -0.05) is 0 Å². The summed E-state index contributed by atoms with van der Waals surface area (Å²) in [6.07, 6.45) is 0.890. The number of rotatable bonds is 6. The second-order valence-electron chi connectivity index (χ2n) is 6.67. The third kappa shape index (κ3) is 4.42. The molecule has 0 spiro atoms. The molecule has 2 heterocycles. The van der Waals surface area contributed by atoms with Crippen molar-refractivity contribution < 1.29 is 24.0 Å². The number of nitrogens with one attached hydrogen (secondary N) is 2. The van der Waals surface area contributed by atoms with E-state index in [0.717, 1.165) is 44.7 Å². The zero-order chi connectivity index (χ0) is 18.5. The predicted molar refractivity (Wildman–Crippen MR) is 96.6 cm³/mol. The van der Waals surface area contributed by atoms with Crippen molar-refractivity contribution in [3.8, 4) is 5.75 Å². The number of hydrogen-bond acceptors (Lipinski definition) is 5. The van der Waals surface area contributed by atoms with Crippen LogP contribution in [0.5, 0.6) is 5.75 Å². The zero-order valence-corrected chi connectivity index (χ0v) is 15.0. The van der Waals surface area contributed by atoms with E-state index in [0.29, 0.717) is 23.3 Å². The third-order valence-corrected chi connectivity index (χ3v) is 4.84. The monoisotopic (exact) mass is 361 g/mol. The Morgan fingerprint density at radius 1 is 1.31 bits per heavy atom. The Kier molecular flexibility index (Phi) is 5.90. The highest BCUT2D eigenvalue weighted by Gasteiger charge is 2.16. The fourth-order valence-electron chi connectivity index (χ4n) is 3.29. The molecule has 26 heavy (non-hydrogen) atoms. The lowest BCUT2D eigenvalue weighted by Gasteiger charge is -2.23. The molecule has 1 aromatic carbocycles. The summed E-state index contributed by atoms with van der Waals surface area (Å²) in [6.45, 7) is 7.02. The van der Waals surface area contributed by atoms with Gasteiger partial charge in [-0.3, -0.25) is 4.79 Å². The van der Waals surface area contributed by atoms with Crippen molar-refractivity contribution in [3.63, 3.8) is 0 Å². The molecular weight excluding hydrogens is 336 g/mol. The van der Waals surface area contributed by atoms with Crippen LogP contribution in [0.15, 0.2) is 27.4 Å². The number of quaternary nitrogens is 1. The normalized spacial score (nSPS) is 15.3. The number of hydrogen-bond donors (Lipinski definition) is 3. The van der Waals surface area contributed by atoms with Gasteiger partial charge in [0.15, 0.2) is 0 Å². The van der Waals surface area contributed by atoms with Crippen molar-refractivity contribution in [2.75, 3.05) is 39.4 Å². The van der Waals surface area contributed by atoms with E-state index in [1.165, 1.54) is 17.0 Å². The first-order valence-corrected chi connectivity index (χ1v) is 8.98. The van der Waals surface area contributed by atoms with E-state index in [2.05, 4.69) is 5.32 Å². The molecule has 1 saturated heterocycles. The minimum Gasteiger partial charge on any atom is -0.508 e. The van der Waals surface area contributed by atoms with Gasteiger partial charge in [0, 0.05) is 24.4 Å².